The summed E-state index contributed by atoms with van der Waals surface area (Å²) < 4.78 is 34.9. The van der Waals surface area contributed by atoms with E-state index in [-0.39, 0.29) is 4.90 Å². The van der Waals surface area contributed by atoms with Gasteiger partial charge in [-0.15, -0.1) is 0 Å². The Morgan fingerprint density at radius 2 is 2.08 bits per heavy atom. The molecule has 0 atom stereocenters. The number of benzene rings is 1. The monoisotopic (exact) mass is 204 g/mol. The summed E-state index contributed by atoms with van der Waals surface area (Å²) >= 11 is 0. The van der Waals surface area contributed by atoms with Crippen LogP contribution in [0.3, 0.4) is 0 Å². The molecule has 0 aromatic heterocycles. The summed E-state index contributed by atoms with van der Waals surface area (Å²) in [7, 11) is -3.66. The summed E-state index contributed by atoms with van der Waals surface area (Å²) in [5.41, 5.74) is 0.300. The highest BCUT2D eigenvalue weighted by atomic mass is 32.2. The first-order valence-corrected chi connectivity index (χ1v) is 5.22. The lowest BCUT2D eigenvalue weighted by Gasteiger charge is -2.04. The van der Waals surface area contributed by atoms with Crippen LogP contribution >= 0.6 is 0 Å². The Balaban J connectivity index is 3.33. The van der Waals surface area contributed by atoms with Crippen molar-refractivity contribution in [3.63, 3.8) is 0 Å². The van der Waals surface area contributed by atoms with Gasteiger partial charge in [-0.1, -0.05) is 0 Å². The van der Waals surface area contributed by atoms with Crippen LogP contribution in [0.25, 0.3) is 0 Å². The molecule has 3 nitrogen and oxygen atoms in total. The van der Waals surface area contributed by atoms with Crippen molar-refractivity contribution in [3.05, 3.63) is 29.6 Å². The summed E-state index contributed by atoms with van der Waals surface area (Å²) in [6.07, 6.45) is 0. The Morgan fingerprint density at radius 3 is 2.54 bits per heavy atom. The number of aliphatic hydroxyl groups is 1. The molecule has 5 heteroatoms. The maximum absolute atomic E-state index is 12.6. The Kier molecular flexibility index (Phi) is 2.68. The maximum Gasteiger partial charge on any atom is 0.202 e. The van der Waals surface area contributed by atoms with Gasteiger partial charge in [0.1, 0.15) is 11.8 Å². The van der Waals surface area contributed by atoms with Crippen LogP contribution in [0, 0.1) is 12.7 Å². The summed E-state index contributed by atoms with van der Waals surface area (Å²) in [6, 6.07) is 3.31. The summed E-state index contributed by atoms with van der Waals surface area (Å²) in [5.74, 6) is -1.45. The SMILES string of the molecule is Cc1cc(F)ccc1S(=O)(=O)CO. The molecule has 72 valence electrons. The predicted octanol–water partition coefficient (Wildman–Crippen LogP) is 0.858. The molecule has 1 aromatic rings. The van der Waals surface area contributed by atoms with Gasteiger partial charge in [-0.2, -0.15) is 0 Å². The third-order valence-corrected chi connectivity index (χ3v) is 3.11. The number of rotatable bonds is 2. The van der Waals surface area contributed by atoms with Gasteiger partial charge in [0.2, 0.25) is 9.84 Å². The zero-order valence-corrected chi connectivity index (χ0v) is 7.81. The fourth-order valence-corrected chi connectivity index (χ4v) is 2.00. The van der Waals surface area contributed by atoms with Crippen molar-refractivity contribution < 1.29 is 17.9 Å². The third-order valence-electron chi connectivity index (χ3n) is 1.64. The molecule has 0 bridgehead atoms. The lowest BCUT2D eigenvalue weighted by atomic mass is 10.2. The first-order valence-electron chi connectivity index (χ1n) is 3.57. The molecule has 0 aliphatic heterocycles. The lowest BCUT2D eigenvalue weighted by Crippen LogP contribution is -2.07. The Labute approximate surface area is 75.7 Å². The molecular formula is C8H9FO3S. The Morgan fingerprint density at radius 1 is 1.46 bits per heavy atom. The van der Waals surface area contributed by atoms with Crippen LogP contribution in [0.2, 0.25) is 0 Å². The maximum atomic E-state index is 12.6. The Bertz CT molecular complexity index is 411. The molecule has 1 N–H and O–H groups in total. The van der Waals surface area contributed by atoms with Gasteiger partial charge in [0, 0.05) is 0 Å². The van der Waals surface area contributed by atoms with Crippen molar-refractivity contribution in [1.82, 2.24) is 0 Å². The van der Waals surface area contributed by atoms with Crippen LogP contribution in [-0.2, 0) is 9.84 Å². The summed E-state index contributed by atoms with van der Waals surface area (Å²) in [6.45, 7) is 1.48. The smallest absolute Gasteiger partial charge is 0.202 e. The fraction of sp³-hybridized carbons (Fsp3) is 0.250. The first kappa shape index (κ1) is 10.1. The molecule has 0 unspecified atom stereocenters. The van der Waals surface area contributed by atoms with Gasteiger partial charge in [-0.05, 0) is 30.7 Å². The van der Waals surface area contributed by atoms with E-state index < -0.39 is 21.6 Å². The van der Waals surface area contributed by atoms with E-state index in [1.807, 2.05) is 0 Å². The van der Waals surface area contributed by atoms with Gasteiger partial charge in [0.15, 0.2) is 0 Å². The molecule has 0 saturated carbocycles. The van der Waals surface area contributed by atoms with E-state index in [1.165, 1.54) is 6.92 Å². The van der Waals surface area contributed by atoms with Gasteiger partial charge in [0.05, 0.1) is 4.90 Å². The van der Waals surface area contributed by atoms with E-state index in [9.17, 15) is 12.8 Å². The fourth-order valence-electron chi connectivity index (χ4n) is 1.03. The number of aliphatic hydroxyl groups excluding tert-OH is 1. The second kappa shape index (κ2) is 3.43. The first-order chi connectivity index (χ1) is 5.97. The highest BCUT2D eigenvalue weighted by Gasteiger charge is 2.15. The molecule has 0 aliphatic rings. The third kappa shape index (κ3) is 2.05. The molecule has 0 aliphatic carbocycles. The Hall–Kier alpha value is -0.940. The van der Waals surface area contributed by atoms with Gasteiger partial charge in [0.25, 0.3) is 0 Å². The topological polar surface area (TPSA) is 54.4 Å². The number of sulfone groups is 1. The average molecular weight is 204 g/mol. The molecule has 0 amide bonds. The van der Waals surface area contributed by atoms with Crippen molar-refractivity contribution in [3.8, 4) is 0 Å². The van der Waals surface area contributed by atoms with E-state index in [4.69, 9.17) is 5.11 Å². The van der Waals surface area contributed by atoms with Gasteiger partial charge in [-0.25, -0.2) is 12.8 Å². The van der Waals surface area contributed by atoms with Crippen LogP contribution < -0.4 is 0 Å². The summed E-state index contributed by atoms with van der Waals surface area (Å²) in [5, 5.41) is 8.56. The number of halogens is 1. The lowest BCUT2D eigenvalue weighted by molar-refractivity contribution is 0.358. The van der Waals surface area contributed by atoms with Gasteiger partial charge >= 0.3 is 0 Å². The molecule has 0 fully saturated rings. The standard InChI is InChI=1S/C8H9FO3S/c1-6-4-7(9)2-3-8(6)13(11,12)5-10/h2-4,10H,5H2,1H3. The zero-order valence-electron chi connectivity index (χ0n) is 6.99. The van der Waals surface area contributed by atoms with Crippen molar-refractivity contribution in [1.29, 1.82) is 0 Å². The molecule has 0 heterocycles. The normalized spacial score (nSPS) is 11.6. The highest BCUT2D eigenvalue weighted by molar-refractivity contribution is 7.91. The molecule has 0 radical (unpaired) electrons. The number of hydrogen-bond acceptors (Lipinski definition) is 3. The van der Waals surface area contributed by atoms with Crippen molar-refractivity contribution in [2.75, 3.05) is 5.94 Å². The number of aryl methyl sites for hydroxylation is 1. The van der Waals surface area contributed by atoms with Gasteiger partial charge in [-0.3, -0.25) is 0 Å². The van der Waals surface area contributed by atoms with Crippen LogP contribution in [0.4, 0.5) is 4.39 Å². The summed E-state index contributed by atoms with van der Waals surface area (Å²) in [4.78, 5) is -0.0311. The molecular weight excluding hydrogens is 195 g/mol. The van der Waals surface area contributed by atoms with Crippen molar-refractivity contribution in [2.45, 2.75) is 11.8 Å². The van der Waals surface area contributed by atoms with E-state index in [2.05, 4.69) is 0 Å². The zero-order chi connectivity index (χ0) is 10.1. The van der Waals surface area contributed by atoms with Crippen LogP contribution in [0.1, 0.15) is 5.56 Å². The molecule has 1 aromatic carbocycles. The van der Waals surface area contributed by atoms with Crippen molar-refractivity contribution in [2.24, 2.45) is 0 Å². The second-order valence-electron chi connectivity index (χ2n) is 2.65. The molecule has 1 rings (SSSR count). The second-order valence-corrected chi connectivity index (χ2v) is 4.58. The predicted molar refractivity (Wildman–Crippen MR) is 45.4 cm³/mol. The van der Waals surface area contributed by atoms with Crippen LogP contribution in [-0.4, -0.2) is 19.5 Å². The minimum absolute atomic E-state index is 0.0311. The van der Waals surface area contributed by atoms with Crippen LogP contribution in [0.15, 0.2) is 23.1 Å². The number of hydrogen-bond donors (Lipinski definition) is 1. The highest BCUT2D eigenvalue weighted by Crippen LogP contribution is 2.16. The van der Waals surface area contributed by atoms with E-state index in [1.54, 1.807) is 0 Å². The molecule has 13 heavy (non-hydrogen) atoms. The molecule has 0 spiro atoms. The van der Waals surface area contributed by atoms with Gasteiger partial charge < -0.3 is 5.11 Å². The van der Waals surface area contributed by atoms with Crippen molar-refractivity contribution >= 4 is 9.84 Å². The minimum atomic E-state index is -3.66. The van der Waals surface area contributed by atoms with E-state index in [0.29, 0.717) is 5.56 Å². The largest absolute Gasteiger partial charge is 0.380 e. The van der Waals surface area contributed by atoms with E-state index >= 15 is 0 Å². The quantitative estimate of drug-likeness (QED) is 0.727. The average Bonchev–Trinajstić information content (AvgIpc) is 2.03. The van der Waals surface area contributed by atoms with E-state index in [0.717, 1.165) is 18.2 Å². The minimum Gasteiger partial charge on any atom is -0.380 e. The van der Waals surface area contributed by atoms with Crippen LogP contribution in [0.5, 0.6) is 0 Å². The molecule has 0 saturated heterocycles.